The van der Waals surface area contributed by atoms with Gasteiger partial charge in [-0.25, -0.2) is 4.98 Å². The van der Waals surface area contributed by atoms with Crippen LogP contribution in [0.15, 0.2) is 12.4 Å². The Bertz CT molecular complexity index is 272. The minimum Gasteiger partial charge on any atom is -0.334 e. The van der Waals surface area contributed by atoms with Crippen molar-refractivity contribution in [2.45, 2.75) is 38.6 Å². The van der Waals surface area contributed by atoms with Crippen molar-refractivity contribution in [2.75, 3.05) is 0 Å². The lowest BCUT2D eigenvalue weighted by Crippen LogP contribution is -2.17. The number of nitrogens with zero attached hydrogens (tertiary/aromatic N) is 2. The van der Waals surface area contributed by atoms with Crippen LogP contribution in [0.25, 0.3) is 0 Å². The molecular formula is C10H14N2. The molecular weight excluding hydrogens is 148 g/mol. The lowest BCUT2D eigenvalue weighted by atomic mass is 9.85. The number of rotatable bonds is 0. The summed E-state index contributed by atoms with van der Waals surface area (Å²) in [6, 6.07) is 0. The van der Waals surface area contributed by atoms with E-state index >= 15 is 0 Å². The summed E-state index contributed by atoms with van der Waals surface area (Å²) in [5, 5.41) is 0. The average molecular weight is 162 g/mol. The molecule has 1 aromatic heterocycles. The fourth-order valence-corrected chi connectivity index (χ4v) is 2.86. The molecule has 2 heterocycles. The second kappa shape index (κ2) is 2.12. The van der Waals surface area contributed by atoms with Gasteiger partial charge < -0.3 is 4.57 Å². The number of fused-ring (bicyclic) bond motifs is 1. The van der Waals surface area contributed by atoms with E-state index in [-0.39, 0.29) is 0 Å². The van der Waals surface area contributed by atoms with Gasteiger partial charge in [-0.1, -0.05) is 12.8 Å². The van der Waals surface area contributed by atoms with E-state index in [1.54, 1.807) is 0 Å². The van der Waals surface area contributed by atoms with Crippen LogP contribution in [0.4, 0.5) is 0 Å². The van der Waals surface area contributed by atoms with Crippen molar-refractivity contribution in [3.63, 3.8) is 0 Å². The molecule has 1 spiro atoms. The van der Waals surface area contributed by atoms with Crippen molar-refractivity contribution in [1.29, 1.82) is 0 Å². The monoisotopic (exact) mass is 162 g/mol. The first-order valence-electron chi connectivity index (χ1n) is 4.88. The highest BCUT2D eigenvalue weighted by Crippen LogP contribution is 2.45. The molecule has 64 valence electrons. The van der Waals surface area contributed by atoms with Crippen LogP contribution in [-0.2, 0) is 13.0 Å². The lowest BCUT2D eigenvalue weighted by molar-refractivity contribution is 0.290. The summed E-state index contributed by atoms with van der Waals surface area (Å²) in [7, 11) is 0. The van der Waals surface area contributed by atoms with Crippen LogP contribution in [0.3, 0.4) is 0 Å². The van der Waals surface area contributed by atoms with E-state index < -0.39 is 0 Å². The summed E-state index contributed by atoms with van der Waals surface area (Å²) in [5.74, 6) is 1.32. The molecule has 1 saturated carbocycles. The third kappa shape index (κ3) is 0.780. The Kier molecular flexibility index (Phi) is 1.18. The Hall–Kier alpha value is -0.790. The summed E-state index contributed by atoms with van der Waals surface area (Å²) < 4.78 is 2.34. The Morgan fingerprint density at radius 1 is 1.33 bits per heavy atom. The maximum Gasteiger partial charge on any atom is 0.109 e. The van der Waals surface area contributed by atoms with Crippen LogP contribution in [0.2, 0.25) is 0 Å². The quantitative estimate of drug-likeness (QED) is 0.570. The predicted molar refractivity (Wildman–Crippen MR) is 46.8 cm³/mol. The van der Waals surface area contributed by atoms with Crippen LogP contribution >= 0.6 is 0 Å². The second-order valence-corrected chi connectivity index (χ2v) is 4.36. The maximum absolute atomic E-state index is 4.38. The molecule has 12 heavy (non-hydrogen) atoms. The summed E-state index contributed by atoms with van der Waals surface area (Å²) in [4.78, 5) is 4.38. The highest BCUT2D eigenvalue weighted by Gasteiger charge is 2.39. The van der Waals surface area contributed by atoms with Gasteiger partial charge in [-0.3, -0.25) is 0 Å². The topological polar surface area (TPSA) is 17.8 Å². The SMILES string of the molecule is c1cn2c(n1)CC1(CCCC1)C2. The van der Waals surface area contributed by atoms with E-state index in [9.17, 15) is 0 Å². The molecule has 1 aromatic rings. The average Bonchev–Trinajstić information content (AvgIpc) is 2.66. The van der Waals surface area contributed by atoms with E-state index in [0.717, 1.165) is 0 Å². The van der Waals surface area contributed by atoms with Crippen molar-refractivity contribution in [3.8, 4) is 0 Å². The van der Waals surface area contributed by atoms with E-state index in [1.165, 1.54) is 44.5 Å². The molecule has 1 aliphatic heterocycles. The lowest BCUT2D eigenvalue weighted by Gasteiger charge is -2.20. The summed E-state index contributed by atoms with van der Waals surface area (Å²) in [5.41, 5.74) is 0.629. The molecule has 0 radical (unpaired) electrons. The van der Waals surface area contributed by atoms with Gasteiger partial charge in [0.25, 0.3) is 0 Å². The first-order valence-corrected chi connectivity index (χ1v) is 4.88. The molecule has 2 aliphatic rings. The number of hydrogen-bond acceptors (Lipinski definition) is 1. The van der Waals surface area contributed by atoms with Crippen LogP contribution < -0.4 is 0 Å². The fraction of sp³-hybridized carbons (Fsp3) is 0.700. The molecule has 0 saturated heterocycles. The van der Waals surface area contributed by atoms with Crippen molar-refractivity contribution in [1.82, 2.24) is 9.55 Å². The molecule has 2 heteroatoms. The van der Waals surface area contributed by atoms with E-state index in [0.29, 0.717) is 5.41 Å². The summed E-state index contributed by atoms with van der Waals surface area (Å²) >= 11 is 0. The molecule has 1 aliphatic carbocycles. The molecule has 0 N–H and O–H groups in total. The smallest absolute Gasteiger partial charge is 0.109 e. The molecule has 0 bridgehead atoms. The zero-order valence-electron chi connectivity index (χ0n) is 7.29. The summed E-state index contributed by atoms with van der Waals surface area (Å²) in [6.45, 7) is 1.24. The fourth-order valence-electron chi connectivity index (χ4n) is 2.86. The highest BCUT2D eigenvalue weighted by atomic mass is 15.1. The minimum absolute atomic E-state index is 0.629. The van der Waals surface area contributed by atoms with Crippen molar-refractivity contribution in [2.24, 2.45) is 5.41 Å². The molecule has 0 amide bonds. The number of aromatic nitrogens is 2. The zero-order chi connectivity index (χ0) is 8.02. The molecule has 1 fully saturated rings. The van der Waals surface area contributed by atoms with Crippen molar-refractivity contribution >= 4 is 0 Å². The maximum atomic E-state index is 4.38. The first-order chi connectivity index (χ1) is 5.88. The molecule has 3 rings (SSSR count). The van der Waals surface area contributed by atoms with Gasteiger partial charge in [-0.2, -0.15) is 0 Å². The van der Waals surface area contributed by atoms with Gasteiger partial charge in [0, 0.05) is 25.4 Å². The Labute approximate surface area is 72.6 Å². The van der Waals surface area contributed by atoms with E-state index in [4.69, 9.17) is 0 Å². The highest BCUT2D eigenvalue weighted by molar-refractivity contribution is 5.06. The Balaban J connectivity index is 1.94. The second-order valence-electron chi connectivity index (χ2n) is 4.36. The molecule has 0 unspecified atom stereocenters. The van der Waals surface area contributed by atoms with Gasteiger partial charge in [0.15, 0.2) is 0 Å². The van der Waals surface area contributed by atoms with Gasteiger partial charge in [0.2, 0.25) is 0 Å². The van der Waals surface area contributed by atoms with Gasteiger partial charge in [-0.15, -0.1) is 0 Å². The van der Waals surface area contributed by atoms with Crippen LogP contribution in [0.5, 0.6) is 0 Å². The zero-order valence-corrected chi connectivity index (χ0v) is 7.29. The normalized spacial score (nSPS) is 25.0. The molecule has 0 aromatic carbocycles. The molecule has 0 atom stereocenters. The summed E-state index contributed by atoms with van der Waals surface area (Å²) in [6.07, 6.45) is 11.0. The van der Waals surface area contributed by atoms with Crippen LogP contribution in [0, 0.1) is 5.41 Å². The van der Waals surface area contributed by atoms with Gasteiger partial charge in [0.05, 0.1) is 0 Å². The van der Waals surface area contributed by atoms with Gasteiger partial charge in [0.1, 0.15) is 5.82 Å². The van der Waals surface area contributed by atoms with Crippen LogP contribution in [0.1, 0.15) is 31.5 Å². The number of hydrogen-bond donors (Lipinski definition) is 0. The Morgan fingerprint density at radius 3 is 2.92 bits per heavy atom. The van der Waals surface area contributed by atoms with Gasteiger partial charge >= 0.3 is 0 Å². The number of imidazole rings is 1. The Morgan fingerprint density at radius 2 is 2.17 bits per heavy atom. The standard InChI is InChI=1S/C10H14N2/c1-2-4-10(3-1)7-9-11-5-6-12(9)8-10/h5-6H,1-4,7-8H2. The predicted octanol–water partition coefficient (Wildman–Crippen LogP) is 2.00. The minimum atomic E-state index is 0.629. The first kappa shape index (κ1) is 6.70. The molecule has 2 nitrogen and oxygen atoms in total. The van der Waals surface area contributed by atoms with Gasteiger partial charge in [-0.05, 0) is 18.3 Å². The largest absolute Gasteiger partial charge is 0.334 e. The van der Waals surface area contributed by atoms with E-state index in [2.05, 4.69) is 15.7 Å². The van der Waals surface area contributed by atoms with E-state index in [1.807, 2.05) is 6.20 Å². The van der Waals surface area contributed by atoms with Crippen LogP contribution in [-0.4, -0.2) is 9.55 Å². The third-order valence-corrected chi connectivity index (χ3v) is 3.50. The van der Waals surface area contributed by atoms with Crippen molar-refractivity contribution in [3.05, 3.63) is 18.2 Å². The third-order valence-electron chi connectivity index (χ3n) is 3.50. The van der Waals surface area contributed by atoms with Crippen molar-refractivity contribution < 1.29 is 0 Å².